The number of hydrogen-bond donors (Lipinski definition) is 1. The van der Waals surface area contributed by atoms with Gasteiger partial charge in [0.1, 0.15) is 0 Å². The van der Waals surface area contributed by atoms with Gasteiger partial charge in [-0.05, 0) is 32.9 Å². The van der Waals surface area contributed by atoms with Crippen LogP contribution in [0.15, 0.2) is 0 Å². The maximum absolute atomic E-state index is 12.9. The number of esters is 1. The molecular weight excluding hydrogens is 294 g/mol. The molecule has 0 saturated carbocycles. The van der Waals surface area contributed by atoms with Crippen molar-refractivity contribution in [2.45, 2.75) is 33.7 Å². The first-order valence-corrected chi connectivity index (χ1v) is 8.18. The summed E-state index contributed by atoms with van der Waals surface area (Å²) in [5.74, 6) is -0.370. The summed E-state index contributed by atoms with van der Waals surface area (Å²) < 4.78 is 4.81. The molecular formula is C17H27N3O3. The van der Waals surface area contributed by atoms with Crippen molar-refractivity contribution in [3.05, 3.63) is 22.5 Å². The number of likely N-dealkylation sites (N-methyl/N-ethyl adjacent to an activating group) is 1. The predicted octanol–water partition coefficient (Wildman–Crippen LogP) is 1.63. The normalized spacial score (nSPS) is 18.0. The molecule has 0 bridgehead atoms. The molecule has 128 valence electrons. The number of aryl methyl sites for hydroxylation is 1. The van der Waals surface area contributed by atoms with Gasteiger partial charge in [0.15, 0.2) is 5.78 Å². The van der Waals surface area contributed by atoms with E-state index in [0.717, 1.165) is 32.7 Å². The number of aromatic amines is 1. The summed E-state index contributed by atoms with van der Waals surface area (Å²) in [4.78, 5) is 32.4. The van der Waals surface area contributed by atoms with Gasteiger partial charge in [-0.15, -0.1) is 0 Å². The lowest BCUT2D eigenvalue weighted by Gasteiger charge is -2.36. The van der Waals surface area contributed by atoms with Gasteiger partial charge in [0, 0.05) is 31.9 Å². The first kappa shape index (κ1) is 17.7. The van der Waals surface area contributed by atoms with Crippen LogP contribution in [0.25, 0.3) is 0 Å². The Morgan fingerprint density at radius 1 is 1.22 bits per heavy atom. The van der Waals surface area contributed by atoms with Crippen LogP contribution in [0, 0.1) is 13.8 Å². The maximum Gasteiger partial charge on any atom is 0.339 e. The maximum atomic E-state index is 12.9. The lowest BCUT2D eigenvalue weighted by Crippen LogP contribution is -2.51. The van der Waals surface area contributed by atoms with Crippen LogP contribution in [0.2, 0.25) is 0 Å². The Hall–Kier alpha value is -1.66. The fraction of sp³-hybridized carbons (Fsp3) is 0.647. The van der Waals surface area contributed by atoms with E-state index >= 15 is 0 Å². The molecule has 1 N–H and O–H groups in total. The number of piperazine rings is 1. The Morgan fingerprint density at radius 3 is 2.35 bits per heavy atom. The number of Topliss-reactive ketones (excluding diaryl/α,β-unsaturated/α-hetero) is 1. The largest absolute Gasteiger partial charge is 0.465 e. The van der Waals surface area contributed by atoms with Gasteiger partial charge >= 0.3 is 5.97 Å². The molecule has 1 aromatic rings. The van der Waals surface area contributed by atoms with E-state index in [1.165, 1.54) is 7.11 Å². The zero-order chi connectivity index (χ0) is 17.1. The van der Waals surface area contributed by atoms with Crippen molar-refractivity contribution in [3.63, 3.8) is 0 Å². The van der Waals surface area contributed by atoms with E-state index in [1.807, 2.05) is 6.92 Å². The van der Waals surface area contributed by atoms with Gasteiger partial charge in [-0.3, -0.25) is 9.69 Å². The topological polar surface area (TPSA) is 65.6 Å². The third-order valence-corrected chi connectivity index (χ3v) is 4.85. The van der Waals surface area contributed by atoms with E-state index in [4.69, 9.17) is 4.74 Å². The molecule has 0 aromatic carbocycles. The van der Waals surface area contributed by atoms with Crippen molar-refractivity contribution in [1.82, 2.24) is 14.8 Å². The van der Waals surface area contributed by atoms with Gasteiger partial charge in [-0.1, -0.05) is 6.92 Å². The molecule has 1 saturated heterocycles. The summed E-state index contributed by atoms with van der Waals surface area (Å²) in [5, 5.41) is 0. The molecule has 2 rings (SSSR count). The minimum atomic E-state index is -0.403. The Kier molecular flexibility index (Phi) is 5.59. The van der Waals surface area contributed by atoms with Gasteiger partial charge in [-0.2, -0.15) is 0 Å². The fourth-order valence-electron chi connectivity index (χ4n) is 3.25. The highest BCUT2D eigenvalue weighted by Gasteiger charge is 2.29. The first-order chi connectivity index (χ1) is 10.9. The number of nitrogens with zero attached hydrogens (tertiary/aromatic N) is 2. The summed E-state index contributed by atoms with van der Waals surface area (Å²) in [6, 6.07) is -0.198. The standard InChI is InChI=1S/C17H27N3O3/c1-6-19-7-9-20(10-8-19)13(4)16(21)15-11(2)14(12(3)18-15)17(22)23-5/h13,18H,6-10H2,1-5H3. The lowest BCUT2D eigenvalue weighted by molar-refractivity contribution is 0.0599. The molecule has 6 nitrogen and oxygen atoms in total. The van der Waals surface area contributed by atoms with E-state index in [-0.39, 0.29) is 11.8 Å². The van der Waals surface area contributed by atoms with Crippen LogP contribution >= 0.6 is 0 Å². The highest BCUT2D eigenvalue weighted by Crippen LogP contribution is 2.21. The van der Waals surface area contributed by atoms with Crippen LogP contribution < -0.4 is 0 Å². The summed E-state index contributed by atoms with van der Waals surface area (Å²) >= 11 is 0. The number of carbonyl (C=O) groups excluding carboxylic acids is 2. The third kappa shape index (κ3) is 3.48. The molecule has 1 aliphatic heterocycles. The number of methoxy groups -OCH3 is 1. The Balaban J connectivity index is 2.16. The molecule has 1 unspecified atom stereocenters. The van der Waals surface area contributed by atoms with Crippen molar-refractivity contribution in [2.75, 3.05) is 39.8 Å². The van der Waals surface area contributed by atoms with Crippen molar-refractivity contribution in [2.24, 2.45) is 0 Å². The van der Waals surface area contributed by atoms with Gasteiger partial charge in [0.05, 0.1) is 24.4 Å². The quantitative estimate of drug-likeness (QED) is 0.659. The number of H-pyrrole nitrogens is 1. The van der Waals surface area contributed by atoms with E-state index in [2.05, 4.69) is 21.7 Å². The summed E-state index contributed by atoms with van der Waals surface area (Å²) in [6.07, 6.45) is 0. The highest BCUT2D eigenvalue weighted by atomic mass is 16.5. The van der Waals surface area contributed by atoms with E-state index in [9.17, 15) is 9.59 Å². The Morgan fingerprint density at radius 2 is 1.83 bits per heavy atom. The number of ether oxygens (including phenoxy) is 1. The van der Waals surface area contributed by atoms with Gasteiger partial charge in [-0.25, -0.2) is 4.79 Å². The minimum Gasteiger partial charge on any atom is -0.465 e. The van der Waals surface area contributed by atoms with Crippen LogP contribution in [0.3, 0.4) is 0 Å². The number of rotatable bonds is 5. The molecule has 0 radical (unpaired) electrons. The first-order valence-electron chi connectivity index (χ1n) is 8.18. The second-order valence-electron chi connectivity index (χ2n) is 6.13. The molecule has 1 aromatic heterocycles. The van der Waals surface area contributed by atoms with Crippen molar-refractivity contribution in [3.8, 4) is 0 Å². The van der Waals surface area contributed by atoms with E-state index < -0.39 is 5.97 Å². The van der Waals surface area contributed by atoms with Gasteiger partial charge in [0.2, 0.25) is 0 Å². The van der Waals surface area contributed by atoms with Crippen LogP contribution in [-0.4, -0.2) is 72.4 Å². The van der Waals surface area contributed by atoms with Crippen LogP contribution in [0.5, 0.6) is 0 Å². The smallest absolute Gasteiger partial charge is 0.339 e. The lowest BCUT2D eigenvalue weighted by atomic mass is 10.0. The van der Waals surface area contributed by atoms with Crippen LogP contribution in [-0.2, 0) is 4.74 Å². The minimum absolute atomic E-state index is 0.0331. The number of hydrogen-bond acceptors (Lipinski definition) is 5. The zero-order valence-corrected chi connectivity index (χ0v) is 14.7. The monoisotopic (exact) mass is 321 g/mol. The average Bonchev–Trinajstić information content (AvgIpc) is 2.87. The van der Waals surface area contributed by atoms with Crippen LogP contribution in [0.4, 0.5) is 0 Å². The Labute approximate surface area is 137 Å². The fourth-order valence-corrected chi connectivity index (χ4v) is 3.25. The molecule has 1 atom stereocenters. The molecule has 0 aliphatic carbocycles. The molecule has 0 spiro atoms. The average molecular weight is 321 g/mol. The predicted molar refractivity (Wildman–Crippen MR) is 89.1 cm³/mol. The number of aromatic nitrogens is 1. The van der Waals surface area contributed by atoms with Crippen molar-refractivity contribution < 1.29 is 14.3 Å². The summed E-state index contributed by atoms with van der Waals surface area (Å²) in [5.41, 5.74) is 2.35. The SMILES string of the molecule is CCN1CCN(C(C)C(=O)c2[nH]c(C)c(C(=O)OC)c2C)CC1. The van der Waals surface area contributed by atoms with Gasteiger partial charge < -0.3 is 14.6 Å². The zero-order valence-electron chi connectivity index (χ0n) is 14.7. The number of carbonyl (C=O) groups is 2. The molecule has 2 heterocycles. The summed E-state index contributed by atoms with van der Waals surface area (Å²) in [6.45, 7) is 12.5. The number of nitrogens with one attached hydrogen (secondary N) is 1. The molecule has 0 amide bonds. The second-order valence-corrected chi connectivity index (χ2v) is 6.13. The highest BCUT2D eigenvalue weighted by molar-refractivity contribution is 6.03. The van der Waals surface area contributed by atoms with Crippen molar-refractivity contribution >= 4 is 11.8 Å². The summed E-state index contributed by atoms with van der Waals surface area (Å²) in [7, 11) is 1.35. The third-order valence-electron chi connectivity index (χ3n) is 4.85. The van der Waals surface area contributed by atoms with Crippen molar-refractivity contribution in [1.29, 1.82) is 0 Å². The molecule has 6 heteroatoms. The number of ketones is 1. The van der Waals surface area contributed by atoms with E-state index in [0.29, 0.717) is 22.5 Å². The van der Waals surface area contributed by atoms with Crippen LogP contribution in [0.1, 0.15) is 46.0 Å². The molecule has 1 aliphatic rings. The second kappa shape index (κ2) is 7.27. The molecule has 23 heavy (non-hydrogen) atoms. The molecule has 1 fully saturated rings. The van der Waals surface area contributed by atoms with E-state index in [1.54, 1.807) is 13.8 Å². The Bertz CT molecular complexity index is 586. The van der Waals surface area contributed by atoms with Gasteiger partial charge in [0.25, 0.3) is 0 Å².